The van der Waals surface area contributed by atoms with Gasteiger partial charge in [0, 0.05) is 17.6 Å². The third-order valence-corrected chi connectivity index (χ3v) is 2.82. The van der Waals surface area contributed by atoms with Crippen molar-refractivity contribution in [1.29, 1.82) is 0 Å². The Balaban J connectivity index is 2.92. The number of carbonyl (C=O) groups is 1. The van der Waals surface area contributed by atoms with E-state index in [1.54, 1.807) is 6.08 Å². The predicted molar refractivity (Wildman–Crippen MR) is 57.1 cm³/mol. The smallest absolute Gasteiger partial charge is 0.183 e. The molecular formula is C12H18O2. The molecule has 0 saturated carbocycles. The van der Waals surface area contributed by atoms with E-state index in [1.165, 1.54) is 0 Å². The lowest BCUT2D eigenvalue weighted by atomic mass is 9.77. The van der Waals surface area contributed by atoms with Gasteiger partial charge in [-0.25, -0.2) is 0 Å². The second-order valence-corrected chi connectivity index (χ2v) is 4.16. The molecule has 78 valence electrons. The van der Waals surface area contributed by atoms with Gasteiger partial charge in [0.25, 0.3) is 0 Å². The number of hydrogen-bond acceptors (Lipinski definition) is 2. The minimum Gasteiger partial charge on any atom is -0.377 e. The van der Waals surface area contributed by atoms with E-state index in [-0.39, 0.29) is 11.2 Å². The molecule has 0 N–H and O–H groups in total. The van der Waals surface area contributed by atoms with E-state index in [2.05, 4.69) is 13.8 Å². The van der Waals surface area contributed by atoms with E-state index in [1.807, 2.05) is 19.9 Å². The highest BCUT2D eigenvalue weighted by Crippen LogP contribution is 2.33. The fourth-order valence-electron chi connectivity index (χ4n) is 1.47. The van der Waals surface area contributed by atoms with Crippen molar-refractivity contribution < 1.29 is 9.53 Å². The SMILES string of the molecule is CCOCC1=C(C)C(C)(C)C=CC1=O. The van der Waals surface area contributed by atoms with Crippen LogP contribution in [-0.4, -0.2) is 19.0 Å². The summed E-state index contributed by atoms with van der Waals surface area (Å²) in [5.74, 6) is 0.0928. The summed E-state index contributed by atoms with van der Waals surface area (Å²) >= 11 is 0. The van der Waals surface area contributed by atoms with Crippen LogP contribution in [0.2, 0.25) is 0 Å². The van der Waals surface area contributed by atoms with E-state index in [9.17, 15) is 4.79 Å². The lowest BCUT2D eigenvalue weighted by molar-refractivity contribution is -0.112. The van der Waals surface area contributed by atoms with Crippen molar-refractivity contribution in [2.24, 2.45) is 5.41 Å². The Bertz CT molecular complexity index is 295. The largest absolute Gasteiger partial charge is 0.377 e. The Morgan fingerprint density at radius 1 is 1.43 bits per heavy atom. The van der Waals surface area contributed by atoms with E-state index in [4.69, 9.17) is 4.74 Å². The Labute approximate surface area is 85.6 Å². The van der Waals surface area contributed by atoms with Crippen molar-refractivity contribution in [2.45, 2.75) is 27.7 Å². The van der Waals surface area contributed by atoms with E-state index >= 15 is 0 Å². The quantitative estimate of drug-likeness (QED) is 0.690. The first-order valence-electron chi connectivity index (χ1n) is 5.00. The second kappa shape index (κ2) is 4.09. The summed E-state index contributed by atoms with van der Waals surface area (Å²) in [4.78, 5) is 11.6. The predicted octanol–water partition coefficient (Wildman–Crippen LogP) is 2.50. The normalized spacial score (nSPS) is 20.4. The molecule has 0 fully saturated rings. The molecule has 0 aliphatic heterocycles. The molecule has 0 unspecified atom stereocenters. The minimum atomic E-state index is -0.0135. The van der Waals surface area contributed by atoms with Crippen molar-refractivity contribution >= 4 is 5.78 Å². The summed E-state index contributed by atoms with van der Waals surface area (Å²) < 4.78 is 5.29. The molecule has 0 atom stereocenters. The number of allylic oxidation sites excluding steroid dienone is 3. The van der Waals surface area contributed by atoms with E-state index in [0.29, 0.717) is 13.2 Å². The molecule has 14 heavy (non-hydrogen) atoms. The summed E-state index contributed by atoms with van der Waals surface area (Å²) in [5, 5.41) is 0. The lowest BCUT2D eigenvalue weighted by Gasteiger charge is -2.27. The zero-order valence-electron chi connectivity index (χ0n) is 9.39. The molecule has 0 spiro atoms. The zero-order chi connectivity index (χ0) is 10.8. The molecule has 0 amide bonds. The van der Waals surface area contributed by atoms with Crippen LogP contribution in [0.3, 0.4) is 0 Å². The molecule has 0 aromatic heterocycles. The van der Waals surface area contributed by atoms with Gasteiger partial charge in [0.05, 0.1) is 6.61 Å². The number of ether oxygens (including phenoxy) is 1. The first kappa shape index (κ1) is 11.2. The average Bonchev–Trinajstić information content (AvgIpc) is 2.13. The van der Waals surface area contributed by atoms with Gasteiger partial charge in [-0.2, -0.15) is 0 Å². The summed E-state index contributed by atoms with van der Waals surface area (Å²) in [6.07, 6.45) is 3.61. The lowest BCUT2D eigenvalue weighted by Crippen LogP contribution is -2.22. The molecule has 0 aromatic rings. The highest BCUT2D eigenvalue weighted by atomic mass is 16.5. The Morgan fingerprint density at radius 2 is 2.07 bits per heavy atom. The van der Waals surface area contributed by atoms with Gasteiger partial charge in [0.2, 0.25) is 0 Å². The second-order valence-electron chi connectivity index (χ2n) is 4.16. The van der Waals surface area contributed by atoms with Crippen LogP contribution >= 0.6 is 0 Å². The number of ketones is 1. The van der Waals surface area contributed by atoms with Gasteiger partial charge in [0.1, 0.15) is 0 Å². The van der Waals surface area contributed by atoms with Gasteiger partial charge in [-0.1, -0.05) is 25.5 Å². The van der Waals surface area contributed by atoms with Crippen molar-refractivity contribution in [3.63, 3.8) is 0 Å². The van der Waals surface area contributed by atoms with E-state index < -0.39 is 0 Å². The van der Waals surface area contributed by atoms with Crippen LogP contribution in [0.4, 0.5) is 0 Å². The highest BCUT2D eigenvalue weighted by molar-refractivity contribution is 6.06. The van der Waals surface area contributed by atoms with Crippen molar-refractivity contribution in [2.75, 3.05) is 13.2 Å². The average molecular weight is 194 g/mol. The maximum atomic E-state index is 11.6. The molecule has 1 aliphatic carbocycles. The molecule has 0 radical (unpaired) electrons. The Morgan fingerprint density at radius 3 is 2.64 bits per heavy atom. The van der Waals surface area contributed by atoms with Gasteiger partial charge in [-0.15, -0.1) is 0 Å². The molecular weight excluding hydrogens is 176 g/mol. The van der Waals surface area contributed by atoms with Crippen molar-refractivity contribution in [1.82, 2.24) is 0 Å². The zero-order valence-corrected chi connectivity index (χ0v) is 9.39. The molecule has 0 aromatic carbocycles. The molecule has 1 rings (SSSR count). The van der Waals surface area contributed by atoms with Gasteiger partial charge < -0.3 is 4.74 Å². The number of rotatable bonds is 3. The highest BCUT2D eigenvalue weighted by Gasteiger charge is 2.26. The topological polar surface area (TPSA) is 26.3 Å². The van der Waals surface area contributed by atoms with Gasteiger partial charge >= 0.3 is 0 Å². The van der Waals surface area contributed by atoms with Crippen LogP contribution in [0.25, 0.3) is 0 Å². The third-order valence-electron chi connectivity index (χ3n) is 2.82. The van der Waals surface area contributed by atoms with Gasteiger partial charge in [0.15, 0.2) is 5.78 Å². The van der Waals surface area contributed by atoms with Crippen LogP contribution in [0, 0.1) is 5.41 Å². The number of carbonyl (C=O) groups excluding carboxylic acids is 1. The molecule has 2 nitrogen and oxygen atoms in total. The van der Waals surface area contributed by atoms with Crippen molar-refractivity contribution in [3.8, 4) is 0 Å². The monoisotopic (exact) mass is 194 g/mol. The van der Waals surface area contributed by atoms with Crippen LogP contribution in [0.1, 0.15) is 27.7 Å². The summed E-state index contributed by atoms with van der Waals surface area (Å²) in [7, 11) is 0. The first-order valence-corrected chi connectivity index (χ1v) is 5.00. The van der Waals surface area contributed by atoms with Gasteiger partial charge in [-0.3, -0.25) is 4.79 Å². The first-order chi connectivity index (χ1) is 6.49. The maximum absolute atomic E-state index is 11.6. The van der Waals surface area contributed by atoms with Crippen LogP contribution in [0.15, 0.2) is 23.3 Å². The van der Waals surface area contributed by atoms with E-state index in [0.717, 1.165) is 11.1 Å². The molecule has 0 saturated heterocycles. The number of hydrogen-bond donors (Lipinski definition) is 0. The molecule has 0 heterocycles. The standard InChI is InChI=1S/C12H18O2/c1-5-14-8-10-9(2)12(3,4)7-6-11(10)13/h6-7H,5,8H2,1-4H3. The molecule has 0 bridgehead atoms. The van der Waals surface area contributed by atoms with Crippen LogP contribution in [0.5, 0.6) is 0 Å². The Kier molecular flexibility index (Phi) is 3.27. The Hall–Kier alpha value is -0.890. The maximum Gasteiger partial charge on any atom is 0.183 e. The summed E-state index contributed by atoms with van der Waals surface area (Å²) in [6, 6.07) is 0. The van der Waals surface area contributed by atoms with Crippen molar-refractivity contribution in [3.05, 3.63) is 23.3 Å². The van der Waals surface area contributed by atoms with Crippen LogP contribution < -0.4 is 0 Å². The molecule has 2 heteroatoms. The fourth-order valence-corrected chi connectivity index (χ4v) is 1.47. The third kappa shape index (κ3) is 2.13. The minimum absolute atomic E-state index is 0.0135. The van der Waals surface area contributed by atoms with Crippen LogP contribution in [-0.2, 0) is 9.53 Å². The fraction of sp³-hybridized carbons (Fsp3) is 0.583. The summed E-state index contributed by atoms with van der Waals surface area (Å²) in [5.41, 5.74) is 1.93. The van der Waals surface area contributed by atoms with Gasteiger partial charge in [-0.05, 0) is 19.9 Å². The summed E-state index contributed by atoms with van der Waals surface area (Å²) in [6.45, 7) is 9.25. The molecule has 1 aliphatic rings.